The minimum absolute atomic E-state index is 0.220. The Bertz CT molecular complexity index is 448. The molecule has 5 nitrogen and oxygen atoms in total. The molecule has 0 spiro atoms. The van der Waals surface area contributed by atoms with Gasteiger partial charge in [-0.3, -0.25) is 9.69 Å². The van der Waals surface area contributed by atoms with Crippen LogP contribution in [-0.4, -0.2) is 34.2 Å². The molecule has 1 aliphatic rings. The fraction of sp³-hybridized carbons (Fsp3) is 0.714. The van der Waals surface area contributed by atoms with Crippen LogP contribution in [0, 0.1) is 31.6 Å². The Kier molecular flexibility index (Phi) is 3.94. The van der Waals surface area contributed by atoms with Gasteiger partial charge in [0.05, 0.1) is 11.6 Å². The minimum Gasteiger partial charge on any atom is -0.481 e. The van der Waals surface area contributed by atoms with Crippen molar-refractivity contribution in [2.75, 3.05) is 13.1 Å². The number of carbonyl (C=O) groups is 1. The lowest BCUT2D eigenvalue weighted by Gasteiger charge is -2.18. The zero-order chi connectivity index (χ0) is 14.2. The van der Waals surface area contributed by atoms with E-state index in [0.717, 1.165) is 30.1 Å². The van der Waals surface area contributed by atoms with Gasteiger partial charge in [0, 0.05) is 25.2 Å². The number of aliphatic carboxylic acids is 1. The Morgan fingerprint density at radius 1 is 1.47 bits per heavy atom. The summed E-state index contributed by atoms with van der Waals surface area (Å²) in [4.78, 5) is 13.5. The summed E-state index contributed by atoms with van der Waals surface area (Å²) in [5.41, 5.74) is 1.99. The van der Waals surface area contributed by atoms with Gasteiger partial charge in [-0.1, -0.05) is 19.0 Å². The molecule has 0 saturated carbocycles. The van der Waals surface area contributed by atoms with Gasteiger partial charge in [0.15, 0.2) is 0 Å². The number of likely N-dealkylation sites (tertiary alicyclic amines) is 1. The van der Waals surface area contributed by atoms with Crippen molar-refractivity contribution in [3.8, 4) is 0 Å². The average molecular weight is 266 g/mol. The third-order valence-corrected chi connectivity index (χ3v) is 4.18. The van der Waals surface area contributed by atoms with Crippen LogP contribution in [0.2, 0.25) is 0 Å². The fourth-order valence-corrected chi connectivity index (χ4v) is 2.93. The Morgan fingerprint density at radius 2 is 2.16 bits per heavy atom. The number of hydrogen-bond acceptors (Lipinski definition) is 4. The zero-order valence-corrected chi connectivity index (χ0v) is 12.0. The van der Waals surface area contributed by atoms with Crippen LogP contribution in [-0.2, 0) is 11.3 Å². The molecule has 0 unspecified atom stereocenters. The summed E-state index contributed by atoms with van der Waals surface area (Å²) in [7, 11) is 0. The summed E-state index contributed by atoms with van der Waals surface area (Å²) in [5.74, 6) is 0.492. The summed E-state index contributed by atoms with van der Waals surface area (Å²) in [5, 5.41) is 13.3. The lowest BCUT2D eigenvalue weighted by atomic mass is 9.86. The highest BCUT2D eigenvalue weighted by atomic mass is 16.5. The molecule has 0 radical (unpaired) electrons. The van der Waals surface area contributed by atoms with Gasteiger partial charge in [0.1, 0.15) is 5.76 Å². The molecule has 0 bridgehead atoms. The maximum absolute atomic E-state index is 11.3. The quantitative estimate of drug-likeness (QED) is 0.903. The molecule has 0 aromatic carbocycles. The molecule has 0 aliphatic carbocycles. The van der Waals surface area contributed by atoms with Crippen molar-refractivity contribution >= 4 is 5.97 Å². The van der Waals surface area contributed by atoms with E-state index in [2.05, 4.69) is 23.9 Å². The molecule has 1 aromatic rings. The van der Waals surface area contributed by atoms with Gasteiger partial charge in [-0.05, 0) is 25.7 Å². The van der Waals surface area contributed by atoms with E-state index in [9.17, 15) is 9.90 Å². The molecule has 1 aromatic heterocycles. The van der Waals surface area contributed by atoms with Crippen molar-refractivity contribution in [2.45, 2.75) is 34.2 Å². The fourth-order valence-electron chi connectivity index (χ4n) is 2.93. The van der Waals surface area contributed by atoms with E-state index in [4.69, 9.17) is 4.52 Å². The highest BCUT2D eigenvalue weighted by Gasteiger charge is 2.39. The number of aromatic nitrogens is 1. The number of hydrogen-bond donors (Lipinski definition) is 1. The average Bonchev–Trinajstić information content (AvgIpc) is 2.88. The van der Waals surface area contributed by atoms with Crippen molar-refractivity contribution in [1.82, 2.24) is 10.1 Å². The largest absolute Gasteiger partial charge is 0.481 e. The first-order valence-electron chi connectivity index (χ1n) is 6.77. The Morgan fingerprint density at radius 3 is 2.58 bits per heavy atom. The lowest BCUT2D eigenvalue weighted by molar-refractivity contribution is -0.143. The van der Waals surface area contributed by atoms with Gasteiger partial charge in [-0.2, -0.15) is 0 Å². The Labute approximate surface area is 113 Å². The van der Waals surface area contributed by atoms with Crippen LogP contribution in [0.5, 0.6) is 0 Å². The van der Waals surface area contributed by atoms with E-state index in [1.54, 1.807) is 0 Å². The normalized spacial score (nSPS) is 24.3. The summed E-state index contributed by atoms with van der Waals surface area (Å²) < 4.78 is 5.16. The van der Waals surface area contributed by atoms with E-state index in [1.807, 2.05) is 13.8 Å². The Hall–Kier alpha value is -1.36. The van der Waals surface area contributed by atoms with E-state index in [0.29, 0.717) is 12.5 Å². The second-order valence-electron chi connectivity index (χ2n) is 5.85. The van der Waals surface area contributed by atoms with Crippen molar-refractivity contribution < 1.29 is 14.4 Å². The molecule has 1 aliphatic heterocycles. The van der Waals surface area contributed by atoms with Crippen LogP contribution in [0.25, 0.3) is 0 Å². The van der Waals surface area contributed by atoms with Gasteiger partial charge in [-0.25, -0.2) is 0 Å². The molecule has 2 atom stereocenters. The summed E-state index contributed by atoms with van der Waals surface area (Å²) in [6.45, 7) is 10.2. The lowest BCUT2D eigenvalue weighted by Crippen LogP contribution is -2.25. The molecule has 19 heavy (non-hydrogen) atoms. The Balaban J connectivity index is 2.10. The van der Waals surface area contributed by atoms with Crippen molar-refractivity contribution in [2.24, 2.45) is 17.8 Å². The maximum Gasteiger partial charge on any atom is 0.308 e. The smallest absolute Gasteiger partial charge is 0.308 e. The van der Waals surface area contributed by atoms with Crippen LogP contribution < -0.4 is 0 Å². The second kappa shape index (κ2) is 5.33. The summed E-state index contributed by atoms with van der Waals surface area (Å²) in [6.07, 6.45) is 0. The van der Waals surface area contributed by atoms with E-state index >= 15 is 0 Å². The van der Waals surface area contributed by atoms with Crippen molar-refractivity contribution in [3.63, 3.8) is 0 Å². The number of aryl methyl sites for hydroxylation is 2. The molecule has 2 rings (SSSR count). The first-order chi connectivity index (χ1) is 8.90. The number of carboxylic acid groups (broad SMARTS) is 1. The molecular weight excluding hydrogens is 244 g/mol. The zero-order valence-electron chi connectivity index (χ0n) is 12.0. The van der Waals surface area contributed by atoms with Gasteiger partial charge in [0.25, 0.3) is 0 Å². The molecule has 106 valence electrons. The third-order valence-electron chi connectivity index (χ3n) is 4.18. The molecule has 1 saturated heterocycles. The highest BCUT2D eigenvalue weighted by Crippen LogP contribution is 2.31. The van der Waals surface area contributed by atoms with Crippen molar-refractivity contribution in [3.05, 3.63) is 17.0 Å². The van der Waals surface area contributed by atoms with Gasteiger partial charge in [0.2, 0.25) is 0 Å². The monoisotopic (exact) mass is 266 g/mol. The van der Waals surface area contributed by atoms with Gasteiger partial charge >= 0.3 is 5.97 Å². The van der Waals surface area contributed by atoms with Crippen LogP contribution >= 0.6 is 0 Å². The van der Waals surface area contributed by atoms with Crippen LogP contribution in [0.15, 0.2) is 4.52 Å². The minimum atomic E-state index is -0.681. The molecule has 1 fully saturated rings. The van der Waals surface area contributed by atoms with E-state index in [-0.39, 0.29) is 11.8 Å². The second-order valence-corrected chi connectivity index (χ2v) is 5.85. The molecule has 1 N–H and O–H groups in total. The first-order valence-corrected chi connectivity index (χ1v) is 6.77. The number of carboxylic acids is 1. The molecule has 5 heteroatoms. The standard InChI is InChI=1S/C14H22N2O3/c1-8(2)11-5-16(7-13(11)14(17)18)6-12-9(3)15-19-10(12)4/h8,11,13H,5-7H2,1-4H3,(H,17,18)/t11-,13+/m0/s1. The number of nitrogens with zero attached hydrogens (tertiary/aromatic N) is 2. The molecule has 2 heterocycles. The van der Waals surface area contributed by atoms with Crippen molar-refractivity contribution in [1.29, 1.82) is 0 Å². The summed E-state index contributed by atoms with van der Waals surface area (Å²) in [6, 6.07) is 0. The molecule has 0 amide bonds. The topological polar surface area (TPSA) is 66.6 Å². The van der Waals surface area contributed by atoms with Crippen LogP contribution in [0.1, 0.15) is 30.9 Å². The predicted octanol–water partition coefficient (Wildman–Crippen LogP) is 2.08. The summed E-state index contributed by atoms with van der Waals surface area (Å²) >= 11 is 0. The predicted molar refractivity (Wildman–Crippen MR) is 70.7 cm³/mol. The SMILES string of the molecule is Cc1noc(C)c1CN1C[C@@H](C(=O)O)[C@H](C(C)C)C1. The van der Waals surface area contributed by atoms with Gasteiger partial charge in [-0.15, -0.1) is 0 Å². The maximum atomic E-state index is 11.3. The van der Waals surface area contributed by atoms with Crippen LogP contribution in [0.4, 0.5) is 0 Å². The highest BCUT2D eigenvalue weighted by molar-refractivity contribution is 5.71. The van der Waals surface area contributed by atoms with E-state index < -0.39 is 5.97 Å². The van der Waals surface area contributed by atoms with E-state index in [1.165, 1.54) is 0 Å². The van der Waals surface area contributed by atoms with Gasteiger partial charge < -0.3 is 9.63 Å². The first kappa shape index (κ1) is 14.1. The third kappa shape index (κ3) is 2.81. The van der Waals surface area contributed by atoms with Crippen LogP contribution in [0.3, 0.4) is 0 Å². The number of rotatable bonds is 4. The molecular formula is C14H22N2O3.